The topological polar surface area (TPSA) is 35.5 Å². The van der Waals surface area contributed by atoms with Crippen LogP contribution in [0, 0.1) is 5.41 Å². The molecule has 0 aromatic heterocycles. The first-order chi connectivity index (χ1) is 8.17. The maximum absolute atomic E-state index is 12.6. The minimum absolute atomic E-state index is 0.0579. The second-order valence-electron chi connectivity index (χ2n) is 4.63. The van der Waals surface area contributed by atoms with Gasteiger partial charge >= 0.3 is 0 Å². The number of hydrogen-bond donors (Lipinski definition) is 0. The first-order valence-corrected chi connectivity index (χ1v) is 6.55. The molecule has 1 atom stereocenters. The molecule has 2 heterocycles. The number of carbonyl (C=O) groups excluding carboxylic acids is 1. The average Bonchev–Trinajstić information content (AvgIpc) is 2.27. The second kappa shape index (κ2) is 3.82. The van der Waals surface area contributed by atoms with Gasteiger partial charge in [0.2, 0.25) is 0 Å². The molecule has 1 aromatic rings. The van der Waals surface area contributed by atoms with Gasteiger partial charge in [-0.3, -0.25) is 4.79 Å². The molecule has 3 rings (SSSR count). The van der Waals surface area contributed by atoms with Gasteiger partial charge in [-0.15, -0.1) is 0 Å². The number of Topliss-reactive ketones (excluding diaryl/α,β-unsaturated/α-hetero) is 1. The second-order valence-corrected chi connectivity index (χ2v) is 5.55. The van der Waals surface area contributed by atoms with E-state index in [1.54, 1.807) is 0 Å². The Kier molecular flexibility index (Phi) is 2.52. The van der Waals surface area contributed by atoms with Crippen molar-refractivity contribution < 1.29 is 14.3 Å². The van der Waals surface area contributed by atoms with Crippen molar-refractivity contribution in [2.75, 3.05) is 13.2 Å². The van der Waals surface area contributed by atoms with Crippen LogP contribution in [-0.2, 0) is 4.74 Å². The molecule has 0 bridgehead atoms. The van der Waals surface area contributed by atoms with Gasteiger partial charge in [-0.2, -0.15) is 0 Å². The molecule has 0 aliphatic carbocycles. The molecule has 0 N–H and O–H groups in total. The molecular formula is C13H13BrO3. The molecule has 2 aliphatic heterocycles. The fourth-order valence-electron chi connectivity index (χ4n) is 2.58. The molecule has 17 heavy (non-hydrogen) atoms. The predicted molar refractivity (Wildman–Crippen MR) is 66.4 cm³/mol. The summed E-state index contributed by atoms with van der Waals surface area (Å²) in [5, 5.41) is 0. The zero-order chi connectivity index (χ0) is 12.0. The number of fused-ring (bicyclic) bond motifs is 1. The Balaban J connectivity index is 2.10. The minimum atomic E-state index is -0.442. The van der Waals surface area contributed by atoms with E-state index in [0.29, 0.717) is 24.5 Å². The van der Waals surface area contributed by atoms with Gasteiger partial charge in [-0.05, 0) is 24.6 Å². The summed E-state index contributed by atoms with van der Waals surface area (Å²) in [6, 6.07) is 5.59. The molecule has 0 amide bonds. The van der Waals surface area contributed by atoms with Gasteiger partial charge in [-0.1, -0.05) is 22.9 Å². The van der Waals surface area contributed by atoms with Crippen molar-refractivity contribution in [1.29, 1.82) is 0 Å². The lowest BCUT2D eigenvalue weighted by Crippen LogP contribution is -2.60. The Labute approximate surface area is 108 Å². The van der Waals surface area contributed by atoms with E-state index in [1.165, 1.54) is 0 Å². The lowest BCUT2D eigenvalue weighted by atomic mass is 9.71. The molecule has 2 aliphatic rings. The molecule has 1 saturated heterocycles. The van der Waals surface area contributed by atoms with Gasteiger partial charge in [0, 0.05) is 4.47 Å². The minimum Gasteiger partial charge on any atom is -0.488 e. The van der Waals surface area contributed by atoms with Crippen LogP contribution in [0.5, 0.6) is 5.75 Å². The first kappa shape index (κ1) is 11.2. The van der Waals surface area contributed by atoms with Crippen LogP contribution >= 0.6 is 15.9 Å². The van der Waals surface area contributed by atoms with E-state index in [4.69, 9.17) is 9.47 Å². The van der Waals surface area contributed by atoms with E-state index in [1.807, 2.05) is 25.1 Å². The van der Waals surface area contributed by atoms with Crippen molar-refractivity contribution in [2.24, 2.45) is 5.41 Å². The molecule has 1 fully saturated rings. The van der Waals surface area contributed by atoms with Gasteiger partial charge in [-0.25, -0.2) is 0 Å². The highest BCUT2D eigenvalue weighted by Gasteiger charge is 2.55. The monoisotopic (exact) mass is 296 g/mol. The van der Waals surface area contributed by atoms with E-state index in [-0.39, 0.29) is 11.9 Å². The van der Waals surface area contributed by atoms with Crippen LogP contribution in [0.4, 0.5) is 0 Å². The first-order valence-electron chi connectivity index (χ1n) is 5.76. The molecule has 90 valence electrons. The number of rotatable bonds is 1. The fourth-order valence-corrected chi connectivity index (χ4v) is 2.94. The number of hydrogen-bond acceptors (Lipinski definition) is 3. The molecule has 1 aromatic carbocycles. The Bertz CT molecular complexity index is 480. The highest BCUT2D eigenvalue weighted by atomic mass is 79.9. The van der Waals surface area contributed by atoms with Gasteiger partial charge in [0.25, 0.3) is 0 Å². The van der Waals surface area contributed by atoms with Crippen molar-refractivity contribution in [1.82, 2.24) is 0 Å². The summed E-state index contributed by atoms with van der Waals surface area (Å²) in [4.78, 5) is 12.6. The lowest BCUT2D eigenvalue weighted by molar-refractivity contribution is -0.140. The third-order valence-corrected chi connectivity index (χ3v) is 4.11. The van der Waals surface area contributed by atoms with E-state index >= 15 is 0 Å². The summed E-state index contributed by atoms with van der Waals surface area (Å²) in [6.45, 7) is 3.01. The molecule has 0 saturated carbocycles. The van der Waals surface area contributed by atoms with Gasteiger partial charge in [0.15, 0.2) is 5.78 Å². The number of ketones is 1. The smallest absolute Gasteiger partial charge is 0.181 e. The van der Waals surface area contributed by atoms with Gasteiger partial charge < -0.3 is 9.47 Å². The molecular weight excluding hydrogens is 284 g/mol. The molecule has 3 nitrogen and oxygen atoms in total. The third kappa shape index (κ3) is 1.47. The van der Waals surface area contributed by atoms with Gasteiger partial charge in [0.1, 0.15) is 17.3 Å². The summed E-state index contributed by atoms with van der Waals surface area (Å²) in [6.07, 6.45) is 0.766. The van der Waals surface area contributed by atoms with E-state index in [9.17, 15) is 4.79 Å². The number of ether oxygens (including phenoxy) is 2. The van der Waals surface area contributed by atoms with Crippen molar-refractivity contribution >= 4 is 21.7 Å². The largest absolute Gasteiger partial charge is 0.488 e. The number of halogens is 1. The zero-order valence-electron chi connectivity index (χ0n) is 9.53. The highest BCUT2D eigenvalue weighted by Crippen LogP contribution is 2.45. The van der Waals surface area contributed by atoms with Crippen LogP contribution in [0.25, 0.3) is 0 Å². The van der Waals surface area contributed by atoms with Crippen molar-refractivity contribution in [2.45, 2.75) is 19.4 Å². The van der Waals surface area contributed by atoms with E-state index in [0.717, 1.165) is 10.9 Å². The predicted octanol–water partition coefficient (Wildman–Crippen LogP) is 2.82. The quantitative estimate of drug-likeness (QED) is 0.799. The normalized spacial score (nSPS) is 25.1. The van der Waals surface area contributed by atoms with E-state index in [2.05, 4.69) is 15.9 Å². The van der Waals surface area contributed by atoms with Crippen molar-refractivity contribution in [3.05, 3.63) is 28.2 Å². The summed E-state index contributed by atoms with van der Waals surface area (Å²) in [7, 11) is 0. The molecule has 0 radical (unpaired) electrons. The van der Waals surface area contributed by atoms with Crippen LogP contribution in [0.2, 0.25) is 0 Å². The maximum atomic E-state index is 12.6. The van der Waals surface area contributed by atoms with E-state index < -0.39 is 5.41 Å². The average molecular weight is 297 g/mol. The Morgan fingerprint density at radius 2 is 2.24 bits per heavy atom. The zero-order valence-corrected chi connectivity index (χ0v) is 11.1. The van der Waals surface area contributed by atoms with Crippen molar-refractivity contribution in [3.8, 4) is 5.75 Å². The number of benzene rings is 1. The van der Waals surface area contributed by atoms with Crippen LogP contribution < -0.4 is 4.74 Å². The van der Waals surface area contributed by atoms with Crippen LogP contribution in [0.1, 0.15) is 23.7 Å². The van der Waals surface area contributed by atoms with Crippen LogP contribution in [0.3, 0.4) is 0 Å². The Hall–Kier alpha value is -0.870. The molecule has 1 spiro atoms. The summed E-state index contributed by atoms with van der Waals surface area (Å²) in [5.74, 6) is 0.862. The Morgan fingerprint density at radius 1 is 1.47 bits per heavy atom. The number of carbonyl (C=O) groups is 1. The maximum Gasteiger partial charge on any atom is 0.181 e. The molecule has 1 unspecified atom stereocenters. The summed E-state index contributed by atoms with van der Waals surface area (Å²) >= 11 is 3.39. The molecule has 4 heteroatoms. The third-order valence-electron chi connectivity index (χ3n) is 3.61. The lowest BCUT2D eigenvalue weighted by Gasteiger charge is -2.48. The summed E-state index contributed by atoms with van der Waals surface area (Å²) < 4.78 is 12.1. The Morgan fingerprint density at radius 3 is 2.82 bits per heavy atom. The van der Waals surface area contributed by atoms with Crippen molar-refractivity contribution in [3.63, 3.8) is 0 Å². The fraction of sp³-hybridized carbons (Fsp3) is 0.462. The highest BCUT2D eigenvalue weighted by molar-refractivity contribution is 9.10. The van der Waals surface area contributed by atoms with Gasteiger partial charge in [0.05, 0.1) is 18.8 Å². The summed E-state index contributed by atoms with van der Waals surface area (Å²) in [5.41, 5.74) is 0.232. The van der Waals surface area contributed by atoms with Crippen LogP contribution in [0.15, 0.2) is 22.7 Å². The standard InChI is InChI=1S/C13H13BrO3/c1-2-11-13(6-16-7-13)12(15)9-5-8(14)3-4-10(9)17-11/h3-5,11H,2,6-7H2,1H3. The van der Waals surface area contributed by atoms with Crippen LogP contribution in [-0.4, -0.2) is 25.1 Å². The SMILES string of the molecule is CCC1Oc2ccc(Br)cc2C(=O)C12COC2.